The summed E-state index contributed by atoms with van der Waals surface area (Å²) in [6.45, 7) is -0.0358. The molecule has 1 N–H and O–H groups in total. The number of hydrogen-bond donors (Lipinski definition) is 1. The van der Waals surface area contributed by atoms with Gasteiger partial charge in [0.15, 0.2) is 16.7 Å². The van der Waals surface area contributed by atoms with Crippen LogP contribution in [0.2, 0.25) is 0 Å². The van der Waals surface area contributed by atoms with Crippen LogP contribution >= 0.6 is 23.1 Å². The first kappa shape index (κ1) is 17.4. The molecule has 0 spiro atoms. The average molecular weight is 401 g/mol. The second kappa shape index (κ2) is 6.97. The molecule has 1 aliphatic rings. The summed E-state index contributed by atoms with van der Waals surface area (Å²) >= 11 is 2.58. The van der Waals surface area contributed by atoms with E-state index in [0.717, 1.165) is 0 Å². The monoisotopic (exact) mass is 401 g/mol. The highest BCUT2D eigenvalue weighted by atomic mass is 32.2. The number of nitrogens with one attached hydrogen (secondary N) is 1. The molecule has 1 aliphatic heterocycles. The zero-order chi connectivity index (χ0) is 19.0. The molecule has 0 atom stereocenters. The van der Waals surface area contributed by atoms with Crippen molar-refractivity contribution >= 4 is 56.4 Å². The Labute approximate surface area is 160 Å². The van der Waals surface area contributed by atoms with Gasteiger partial charge in [-0.2, -0.15) is 0 Å². The Balaban J connectivity index is 1.47. The number of Topliss-reactive ketones (excluding diaryl/α,β-unsaturated/α-hetero) is 1. The molecule has 0 unspecified atom stereocenters. The minimum atomic E-state index is -0.450. The molecule has 0 radical (unpaired) electrons. The summed E-state index contributed by atoms with van der Waals surface area (Å²) in [6.07, 6.45) is 0. The number of aromatic nitrogens is 1. The van der Waals surface area contributed by atoms with Crippen molar-refractivity contribution in [3.63, 3.8) is 0 Å². The van der Waals surface area contributed by atoms with E-state index in [-0.39, 0.29) is 29.7 Å². The molecule has 8 nitrogen and oxygen atoms in total. The van der Waals surface area contributed by atoms with Gasteiger partial charge in [-0.3, -0.25) is 19.7 Å². The molecule has 0 saturated heterocycles. The molecule has 0 fully saturated rings. The van der Waals surface area contributed by atoms with Crippen LogP contribution in [0.5, 0.6) is 5.75 Å². The summed E-state index contributed by atoms with van der Waals surface area (Å²) in [5.41, 5.74) is 1.62. The predicted octanol–water partition coefficient (Wildman–Crippen LogP) is 3.51. The van der Waals surface area contributed by atoms with Gasteiger partial charge < -0.3 is 10.1 Å². The molecular weight excluding hydrogens is 390 g/mol. The number of nitro groups is 1. The molecule has 3 aromatic rings. The lowest BCUT2D eigenvalue weighted by molar-refractivity contribution is -0.384. The number of rotatable bonds is 5. The van der Waals surface area contributed by atoms with Crippen LogP contribution in [0.3, 0.4) is 0 Å². The summed E-state index contributed by atoms with van der Waals surface area (Å²) in [5.74, 6) is 0.319. The molecule has 4 rings (SSSR count). The first-order valence-electron chi connectivity index (χ1n) is 7.77. The van der Waals surface area contributed by atoms with Crippen LogP contribution in [0.4, 0.5) is 11.4 Å². The number of non-ortho nitro benzene ring substituents is 1. The topological polar surface area (TPSA) is 111 Å². The van der Waals surface area contributed by atoms with E-state index >= 15 is 0 Å². The Morgan fingerprint density at radius 1 is 1.33 bits per heavy atom. The average Bonchev–Trinajstić information content (AvgIpc) is 3.07. The largest absolute Gasteiger partial charge is 0.482 e. The van der Waals surface area contributed by atoms with E-state index < -0.39 is 4.92 Å². The molecule has 0 aliphatic carbocycles. The molecule has 136 valence electrons. The van der Waals surface area contributed by atoms with Gasteiger partial charge in [-0.15, -0.1) is 11.3 Å². The SMILES string of the molecule is O=C1COc2ccc(C(=O)CSc3nc4ccc([N+](=O)[O-])cc4s3)cc2N1. The van der Waals surface area contributed by atoms with Crippen molar-refractivity contribution < 1.29 is 19.2 Å². The molecule has 0 bridgehead atoms. The third-order valence-corrected chi connectivity index (χ3v) is 5.99. The molecule has 10 heteroatoms. The minimum Gasteiger partial charge on any atom is -0.482 e. The number of anilines is 1. The van der Waals surface area contributed by atoms with Crippen molar-refractivity contribution in [2.75, 3.05) is 17.7 Å². The van der Waals surface area contributed by atoms with Gasteiger partial charge in [0.25, 0.3) is 11.6 Å². The minimum absolute atomic E-state index is 0.0112. The van der Waals surface area contributed by atoms with Gasteiger partial charge in [0.2, 0.25) is 0 Å². The number of ketones is 1. The summed E-state index contributed by atoms with van der Waals surface area (Å²) in [5, 5.41) is 13.5. The van der Waals surface area contributed by atoms with Crippen molar-refractivity contribution in [3.05, 3.63) is 52.1 Å². The molecular formula is C17H11N3O5S2. The number of carbonyl (C=O) groups is 2. The molecule has 0 saturated carbocycles. The van der Waals surface area contributed by atoms with E-state index in [4.69, 9.17) is 4.74 Å². The van der Waals surface area contributed by atoms with Crippen molar-refractivity contribution in [1.82, 2.24) is 4.98 Å². The maximum Gasteiger partial charge on any atom is 0.270 e. The fourth-order valence-corrected chi connectivity index (χ4v) is 4.53. The maximum atomic E-state index is 12.5. The number of hydrogen-bond acceptors (Lipinski definition) is 8. The number of nitrogens with zero attached hydrogens (tertiary/aromatic N) is 2. The zero-order valence-corrected chi connectivity index (χ0v) is 15.3. The summed E-state index contributed by atoms with van der Waals surface area (Å²) in [6, 6.07) is 9.39. The van der Waals surface area contributed by atoms with Gasteiger partial charge in [0.1, 0.15) is 5.75 Å². The van der Waals surface area contributed by atoms with Gasteiger partial charge in [0.05, 0.1) is 26.6 Å². The van der Waals surface area contributed by atoms with Gasteiger partial charge in [0, 0.05) is 17.7 Å². The van der Waals surface area contributed by atoms with E-state index in [9.17, 15) is 19.7 Å². The highest BCUT2D eigenvalue weighted by Gasteiger charge is 2.18. The zero-order valence-electron chi connectivity index (χ0n) is 13.6. The second-order valence-electron chi connectivity index (χ2n) is 5.65. The Hall–Kier alpha value is -2.98. The first-order chi connectivity index (χ1) is 13.0. The van der Waals surface area contributed by atoms with Gasteiger partial charge in [-0.1, -0.05) is 11.8 Å². The third-order valence-electron chi connectivity index (χ3n) is 3.82. The number of benzene rings is 2. The molecule has 1 aromatic heterocycles. The quantitative estimate of drug-likeness (QED) is 0.301. The van der Waals surface area contributed by atoms with E-state index in [1.54, 1.807) is 24.3 Å². The summed E-state index contributed by atoms with van der Waals surface area (Å²) in [4.78, 5) is 38.6. The smallest absolute Gasteiger partial charge is 0.270 e. The van der Waals surface area contributed by atoms with Crippen LogP contribution in [-0.2, 0) is 4.79 Å². The Morgan fingerprint density at radius 2 is 2.19 bits per heavy atom. The lowest BCUT2D eigenvalue weighted by atomic mass is 10.1. The molecule has 27 heavy (non-hydrogen) atoms. The van der Waals surface area contributed by atoms with Gasteiger partial charge >= 0.3 is 0 Å². The number of nitro benzene ring substituents is 1. The molecule has 2 aromatic carbocycles. The van der Waals surface area contributed by atoms with E-state index in [1.165, 1.54) is 35.2 Å². The molecule has 2 heterocycles. The fraction of sp³-hybridized carbons (Fsp3) is 0.118. The first-order valence-corrected chi connectivity index (χ1v) is 9.57. The van der Waals surface area contributed by atoms with E-state index in [1.807, 2.05) is 0 Å². The highest BCUT2D eigenvalue weighted by molar-refractivity contribution is 8.01. The number of fused-ring (bicyclic) bond motifs is 2. The Morgan fingerprint density at radius 3 is 3.00 bits per heavy atom. The number of amides is 1. The number of carbonyl (C=O) groups excluding carboxylic acids is 2. The lowest BCUT2D eigenvalue weighted by Crippen LogP contribution is -2.25. The van der Waals surface area contributed by atoms with Crippen molar-refractivity contribution in [3.8, 4) is 5.75 Å². The van der Waals surface area contributed by atoms with Crippen molar-refractivity contribution in [2.24, 2.45) is 0 Å². The van der Waals surface area contributed by atoms with Crippen LogP contribution in [0.25, 0.3) is 10.2 Å². The Bertz CT molecular complexity index is 1100. The highest BCUT2D eigenvalue weighted by Crippen LogP contribution is 2.33. The second-order valence-corrected chi connectivity index (χ2v) is 7.90. The normalized spacial score (nSPS) is 13.0. The van der Waals surface area contributed by atoms with Crippen LogP contribution in [0.1, 0.15) is 10.4 Å². The van der Waals surface area contributed by atoms with Crippen LogP contribution < -0.4 is 10.1 Å². The number of thioether (sulfide) groups is 1. The predicted molar refractivity (Wildman–Crippen MR) is 102 cm³/mol. The van der Waals surface area contributed by atoms with Crippen molar-refractivity contribution in [2.45, 2.75) is 4.34 Å². The Kier molecular flexibility index (Phi) is 4.50. The molecule has 1 amide bonds. The maximum absolute atomic E-state index is 12.5. The lowest BCUT2D eigenvalue weighted by Gasteiger charge is -2.18. The third kappa shape index (κ3) is 3.62. The van der Waals surface area contributed by atoms with E-state index in [2.05, 4.69) is 10.3 Å². The number of thiazole rings is 1. The van der Waals surface area contributed by atoms with Crippen LogP contribution in [-0.4, -0.2) is 34.0 Å². The number of ether oxygens (including phenoxy) is 1. The fourth-order valence-electron chi connectivity index (χ4n) is 2.53. The standard InChI is InChI=1S/C17H11N3O5S2/c21-13(9-1-4-14-12(5-9)18-16(22)7-25-14)8-26-17-19-11-3-2-10(20(23)24)6-15(11)27-17/h1-6H,7-8H2,(H,18,22). The summed E-state index contributed by atoms with van der Waals surface area (Å²) in [7, 11) is 0. The van der Waals surface area contributed by atoms with Crippen LogP contribution in [0, 0.1) is 10.1 Å². The van der Waals surface area contributed by atoms with Crippen LogP contribution in [0.15, 0.2) is 40.7 Å². The van der Waals surface area contributed by atoms with Crippen molar-refractivity contribution in [1.29, 1.82) is 0 Å². The van der Waals surface area contributed by atoms with Gasteiger partial charge in [-0.25, -0.2) is 4.98 Å². The van der Waals surface area contributed by atoms with Gasteiger partial charge in [-0.05, 0) is 24.3 Å². The van der Waals surface area contributed by atoms with E-state index in [0.29, 0.717) is 31.6 Å². The summed E-state index contributed by atoms with van der Waals surface area (Å²) < 4.78 is 6.64.